The molecule has 1 aliphatic heterocycles. The van der Waals surface area contributed by atoms with Gasteiger partial charge < -0.3 is 14.5 Å². The lowest BCUT2D eigenvalue weighted by Gasteiger charge is -2.32. The van der Waals surface area contributed by atoms with Gasteiger partial charge in [0.1, 0.15) is 6.10 Å². The molecule has 1 unspecified atom stereocenters. The van der Waals surface area contributed by atoms with Crippen LogP contribution in [0.4, 0.5) is 5.69 Å². The molecule has 0 saturated carbocycles. The molecule has 0 spiro atoms. The molecule has 26 heavy (non-hydrogen) atoms. The lowest BCUT2D eigenvalue weighted by atomic mass is 10.1. The van der Waals surface area contributed by atoms with Gasteiger partial charge in [-0.1, -0.05) is 0 Å². The summed E-state index contributed by atoms with van der Waals surface area (Å²) in [6, 6.07) is 7.89. The minimum atomic E-state index is -0.0423. The largest absolute Gasteiger partial charge is 0.471 e. The van der Waals surface area contributed by atoms with Crippen molar-refractivity contribution in [3.63, 3.8) is 0 Å². The third-order valence-corrected chi connectivity index (χ3v) is 4.74. The van der Waals surface area contributed by atoms with E-state index in [1.54, 1.807) is 18.6 Å². The molecule has 1 atom stereocenters. The summed E-state index contributed by atoms with van der Waals surface area (Å²) in [6.45, 7) is 7.51. The highest BCUT2D eigenvalue weighted by molar-refractivity contribution is 5.94. The number of likely N-dealkylation sites (tertiary alicyclic amines) is 1. The van der Waals surface area contributed by atoms with Crippen molar-refractivity contribution in [3.05, 3.63) is 48.4 Å². The smallest absolute Gasteiger partial charge is 0.253 e. The van der Waals surface area contributed by atoms with Gasteiger partial charge in [-0.05, 0) is 51.0 Å². The summed E-state index contributed by atoms with van der Waals surface area (Å²) < 4.78 is 5.88. The van der Waals surface area contributed by atoms with Crippen LogP contribution in [0, 0.1) is 0 Å². The maximum absolute atomic E-state index is 12.8. The third-order valence-electron chi connectivity index (χ3n) is 4.74. The molecule has 1 aromatic carbocycles. The van der Waals surface area contributed by atoms with Crippen molar-refractivity contribution in [3.8, 4) is 5.88 Å². The molecule has 0 radical (unpaired) electrons. The van der Waals surface area contributed by atoms with E-state index in [4.69, 9.17) is 4.74 Å². The molecule has 0 N–H and O–H groups in total. The third kappa shape index (κ3) is 4.31. The van der Waals surface area contributed by atoms with E-state index in [-0.39, 0.29) is 12.0 Å². The quantitative estimate of drug-likeness (QED) is 0.798. The molecule has 0 bridgehead atoms. The number of amides is 1. The zero-order valence-corrected chi connectivity index (χ0v) is 15.5. The molecule has 2 aromatic rings. The van der Waals surface area contributed by atoms with E-state index in [0.29, 0.717) is 12.4 Å². The van der Waals surface area contributed by atoms with Crippen molar-refractivity contribution in [1.82, 2.24) is 14.9 Å². The van der Waals surface area contributed by atoms with E-state index < -0.39 is 0 Å². The Hall–Kier alpha value is -2.63. The van der Waals surface area contributed by atoms with Gasteiger partial charge in [-0.2, -0.15) is 0 Å². The first-order valence-electron chi connectivity index (χ1n) is 9.28. The number of piperidine rings is 1. The second-order valence-electron chi connectivity index (χ2n) is 6.40. The monoisotopic (exact) mass is 354 g/mol. The normalized spacial score (nSPS) is 17.0. The van der Waals surface area contributed by atoms with Gasteiger partial charge in [-0.25, -0.2) is 4.98 Å². The number of anilines is 1. The summed E-state index contributed by atoms with van der Waals surface area (Å²) in [4.78, 5) is 25.1. The number of rotatable bonds is 6. The summed E-state index contributed by atoms with van der Waals surface area (Å²) in [5.74, 6) is 0.568. The van der Waals surface area contributed by atoms with Crippen molar-refractivity contribution in [2.24, 2.45) is 0 Å². The van der Waals surface area contributed by atoms with Gasteiger partial charge in [0, 0.05) is 43.3 Å². The molecule has 1 fully saturated rings. The number of aromatic nitrogens is 2. The van der Waals surface area contributed by atoms with Crippen LogP contribution in [0.5, 0.6) is 5.88 Å². The summed E-state index contributed by atoms with van der Waals surface area (Å²) in [6.07, 6.45) is 6.63. The van der Waals surface area contributed by atoms with E-state index in [0.717, 1.165) is 43.7 Å². The minimum absolute atomic E-state index is 0.0423. The molecule has 6 nitrogen and oxygen atoms in total. The highest BCUT2D eigenvalue weighted by Crippen LogP contribution is 2.20. The highest BCUT2D eigenvalue weighted by atomic mass is 16.5. The Morgan fingerprint density at radius 1 is 1.23 bits per heavy atom. The lowest BCUT2D eigenvalue weighted by molar-refractivity contribution is 0.0527. The number of carbonyl (C=O) groups excluding carboxylic acids is 1. The number of ether oxygens (including phenoxy) is 1. The van der Waals surface area contributed by atoms with Gasteiger partial charge in [0.2, 0.25) is 5.88 Å². The first kappa shape index (κ1) is 18.2. The summed E-state index contributed by atoms with van der Waals surface area (Å²) in [5.41, 5.74) is 1.87. The highest BCUT2D eigenvalue weighted by Gasteiger charge is 2.26. The fourth-order valence-corrected chi connectivity index (χ4v) is 3.32. The van der Waals surface area contributed by atoms with Gasteiger partial charge in [0.15, 0.2) is 0 Å². The zero-order valence-electron chi connectivity index (χ0n) is 15.5. The fourth-order valence-electron chi connectivity index (χ4n) is 3.32. The molecule has 1 saturated heterocycles. The van der Waals surface area contributed by atoms with Crippen LogP contribution in [0.25, 0.3) is 0 Å². The van der Waals surface area contributed by atoms with Crippen LogP contribution in [-0.2, 0) is 0 Å². The fraction of sp³-hybridized carbons (Fsp3) is 0.450. The standard InChI is InChI=1S/C20H26N4O2/c1-3-23(4-2)17-9-7-16(8-10-17)20(25)24-13-5-6-18(15-24)26-19-14-21-11-12-22-19/h7-12,14,18H,3-6,13,15H2,1-2H3. The van der Waals surface area contributed by atoms with Crippen molar-refractivity contribution in [2.45, 2.75) is 32.8 Å². The average molecular weight is 354 g/mol. The van der Waals surface area contributed by atoms with Crippen molar-refractivity contribution < 1.29 is 9.53 Å². The Morgan fingerprint density at radius 2 is 2.00 bits per heavy atom. The van der Waals surface area contributed by atoms with E-state index in [9.17, 15) is 4.79 Å². The second kappa shape index (κ2) is 8.65. The van der Waals surface area contributed by atoms with Gasteiger partial charge in [0.05, 0.1) is 12.7 Å². The Balaban J connectivity index is 1.63. The van der Waals surface area contributed by atoms with Crippen LogP contribution >= 0.6 is 0 Å². The minimum Gasteiger partial charge on any atom is -0.471 e. The Kier molecular flexibility index (Phi) is 6.04. The van der Waals surface area contributed by atoms with Crippen LogP contribution in [0.2, 0.25) is 0 Å². The number of benzene rings is 1. The van der Waals surface area contributed by atoms with Crippen molar-refractivity contribution >= 4 is 11.6 Å². The Labute approximate surface area is 154 Å². The molecular formula is C20H26N4O2. The topological polar surface area (TPSA) is 58.6 Å². The molecule has 3 rings (SSSR count). The maximum atomic E-state index is 12.8. The molecule has 138 valence electrons. The number of nitrogens with zero attached hydrogens (tertiary/aromatic N) is 4. The molecular weight excluding hydrogens is 328 g/mol. The van der Waals surface area contributed by atoms with Gasteiger partial charge in [0.25, 0.3) is 5.91 Å². The Morgan fingerprint density at radius 3 is 2.65 bits per heavy atom. The van der Waals surface area contributed by atoms with Gasteiger partial charge >= 0.3 is 0 Å². The van der Waals surface area contributed by atoms with Gasteiger partial charge in [-0.15, -0.1) is 0 Å². The molecule has 1 amide bonds. The predicted octanol–water partition coefficient (Wildman–Crippen LogP) is 3.01. The van der Waals surface area contributed by atoms with Crippen LogP contribution in [0.3, 0.4) is 0 Å². The SMILES string of the molecule is CCN(CC)c1ccc(C(=O)N2CCCC(Oc3cnccn3)C2)cc1. The number of carbonyl (C=O) groups is 1. The number of hydrogen-bond donors (Lipinski definition) is 0. The zero-order chi connectivity index (χ0) is 18.4. The predicted molar refractivity (Wildman–Crippen MR) is 102 cm³/mol. The first-order chi connectivity index (χ1) is 12.7. The first-order valence-corrected chi connectivity index (χ1v) is 9.28. The van der Waals surface area contributed by atoms with Gasteiger partial charge in [-0.3, -0.25) is 9.78 Å². The van der Waals surface area contributed by atoms with Crippen molar-refractivity contribution in [1.29, 1.82) is 0 Å². The Bertz CT molecular complexity index is 702. The molecule has 2 heterocycles. The van der Waals surface area contributed by atoms with Crippen LogP contribution in [0.15, 0.2) is 42.9 Å². The lowest BCUT2D eigenvalue weighted by Crippen LogP contribution is -2.44. The van der Waals surface area contributed by atoms with Crippen LogP contribution < -0.4 is 9.64 Å². The second-order valence-corrected chi connectivity index (χ2v) is 6.40. The average Bonchev–Trinajstić information content (AvgIpc) is 2.70. The van der Waals surface area contributed by atoms with E-state index in [1.807, 2.05) is 29.2 Å². The van der Waals surface area contributed by atoms with Crippen molar-refractivity contribution in [2.75, 3.05) is 31.1 Å². The van der Waals surface area contributed by atoms with E-state index >= 15 is 0 Å². The molecule has 1 aliphatic rings. The number of hydrogen-bond acceptors (Lipinski definition) is 5. The summed E-state index contributed by atoms with van der Waals surface area (Å²) in [7, 11) is 0. The van der Waals surface area contributed by atoms with Crippen LogP contribution in [-0.4, -0.2) is 53.1 Å². The molecule has 6 heteroatoms. The van der Waals surface area contributed by atoms with Crippen LogP contribution in [0.1, 0.15) is 37.0 Å². The van der Waals surface area contributed by atoms with E-state index in [2.05, 4.69) is 28.7 Å². The van der Waals surface area contributed by atoms with E-state index in [1.165, 1.54) is 0 Å². The molecule has 1 aromatic heterocycles. The summed E-state index contributed by atoms with van der Waals surface area (Å²) in [5, 5.41) is 0. The molecule has 0 aliphatic carbocycles. The maximum Gasteiger partial charge on any atom is 0.253 e. The summed E-state index contributed by atoms with van der Waals surface area (Å²) >= 11 is 0.